The van der Waals surface area contributed by atoms with Crippen LogP contribution in [-0.4, -0.2) is 54.7 Å². The summed E-state index contributed by atoms with van der Waals surface area (Å²) >= 11 is 0. The van der Waals surface area contributed by atoms with Crippen LogP contribution in [0.4, 0.5) is 23.1 Å². The van der Waals surface area contributed by atoms with Crippen molar-refractivity contribution in [3.63, 3.8) is 0 Å². The lowest BCUT2D eigenvalue weighted by atomic mass is 9.96. The molecule has 1 saturated carbocycles. The van der Waals surface area contributed by atoms with Crippen LogP contribution in [-0.2, 0) is 0 Å². The smallest absolute Gasteiger partial charge is 0.229 e. The highest BCUT2D eigenvalue weighted by Gasteiger charge is 2.38. The number of nitrogens with zero attached hydrogens (tertiary/aromatic N) is 4. The molecule has 184 valence electrons. The molecule has 34 heavy (non-hydrogen) atoms. The Morgan fingerprint density at radius 2 is 1.74 bits per heavy atom. The minimum atomic E-state index is 0. The van der Waals surface area contributed by atoms with Crippen LogP contribution in [0.15, 0.2) is 42.7 Å². The van der Waals surface area contributed by atoms with Gasteiger partial charge in [-0.05, 0) is 75.6 Å². The summed E-state index contributed by atoms with van der Waals surface area (Å²) in [6.07, 6.45) is 7.47. The molecule has 1 aromatic carbocycles. The van der Waals surface area contributed by atoms with E-state index in [1.807, 2.05) is 30.5 Å². The molecule has 2 bridgehead atoms. The van der Waals surface area contributed by atoms with Crippen LogP contribution in [0.5, 0.6) is 11.5 Å². The molecule has 5 rings (SSSR count). The summed E-state index contributed by atoms with van der Waals surface area (Å²) in [5.41, 5.74) is 4.48. The molecule has 0 saturated heterocycles. The summed E-state index contributed by atoms with van der Waals surface area (Å²) in [5.74, 6) is 3.87. The van der Waals surface area contributed by atoms with Crippen molar-refractivity contribution in [3.05, 3.63) is 54.0 Å². The Bertz CT molecular complexity index is 1130. The molecular weight excluding hydrogens is 428 g/mol. The first-order valence-corrected chi connectivity index (χ1v) is 11.7. The van der Waals surface area contributed by atoms with Crippen molar-refractivity contribution in [1.82, 2.24) is 19.9 Å². The fraction of sp³-hybridized carbons (Fsp3) is 0.423. The van der Waals surface area contributed by atoms with E-state index >= 15 is 0 Å². The van der Waals surface area contributed by atoms with Crippen molar-refractivity contribution in [2.45, 2.75) is 38.0 Å². The average molecular weight is 467 g/mol. The van der Waals surface area contributed by atoms with E-state index in [0.29, 0.717) is 35.1 Å². The van der Waals surface area contributed by atoms with Gasteiger partial charge in [-0.2, -0.15) is 4.98 Å². The Balaban J connectivity index is 0.000000597. The third kappa shape index (κ3) is 5.39. The number of nitrogens with one attached hydrogen (secondary N) is 2. The minimum Gasteiger partial charge on any atom is -0.493 e. The van der Waals surface area contributed by atoms with Crippen molar-refractivity contribution < 1.29 is 12.3 Å². The van der Waals surface area contributed by atoms with Crippen molar-refractivity contribution >= 4 is 23.1 Å². The van der Waals surface area contributed by atoms with Gasteiger partial charge < -0.3 is 25.0 Å². The van der Waals surface area contributed by atoms with Crippen molar-refractivity contribution in [2.24, 2.45) is 0 Å². The lowest BCUT2D eigenvalue weighted by Crippen LogP contribution is -2.08. The van der Waals surface area contributed by atoms with E-state index in [4.69, 9.17) is 14.5 Å². The van der Waals surface area contributed by atoms with Gasteiger partial charge in [0, 0.05) is 32.4 Å². The SMILES string of the molecule is CCN(C)C.COc1ccc(Nc2nccc(Nc3cnc4c(c3)C3CCC4C3)n2)cc1OC.[HH].[HH]. The minimum absolute atomic E-state index is 0. The highest BCUT2D eigenvalue weighted by Crippen LogP contribution is 2.52. The number of hydrogen-bond acceptors (Lipinski definition) is 8. The maximum atomic E-state index is 5.35. The lowest BCUT2D eigenvalue weighted by Gasteiger charge is -2.15. The molecule has 2 aliphatic carbocycles. The predicted octanol–water partition coefficient (Wildman–Crippen LogP) is 5.80. The Morgan fingerprint density at radius 1 is 0.971 bits per heavy atom. The third-order valence-corrected chi connectivity index (χ3v) is 6.41. The number of anilines is 4. The zero-order valence-electron chi connectivity index (χ0n) is 20.6. The maximum Gasteiger partial charge on any atom is 0.229 e. The predicted molar refractivity (Wildman–Crippen MR) is 140 cm³/mol. The van der Waals surface area contributed by atoms with Crippen molar-refractivity contribution in [2.75, 3.05) is 45.5 Å². The first-order chi connectivity index (χ1) is 16.5. The van der Waals surface area contributed by atoms with Gasteiger partial charge >= 0.3 is 0 Å². The van der Waals surface area contributed by atoms with Gasteiger partial charge in [-0.25, -0.2) is 4.98 Å². The van der Waals surface area contributed by atoms with Crippen LogP contribution in [0.25, 0.3) is 0 Å². The van der Waals surface area contributed by atoms with E-state index in [9.17, 15) is 0 Å². The van der Waals surface area contributed by atoms with E-state index in [2.05, 4.69) is 52.6 Å². The number of benzene rings is 1. The molecule has 2 unspecified atom stereocenters. The number of ether oxygens (including phenoxy) is 2. The fourth-order valence-electron chi connectivity index (χ4n) is 4.42. The van der Waals surface area contributed by atoms with Crippen LogP contribution in [0.1, 0.15) is 52.1 Å². The summed E-state index contributed by atoms with van der Waals surface area (Å²) in [4.78, 5) is 15.7. The Labute approximate surface area is 204 Å². The van der Waals surface area contributed by atoms with Gasteiger partial charge in [0.1, 0.15) is 5.82 Å². The first kappa shape index (κ1) is 23.8. The largest absolute Gasteiger partial charge is 0.493 e. The molecule has 2 N–H and O–H groups in total. The standard InChI is InChI=1S/C22H23N5O2.C4H11N.2H2/c1-28-18-6-5-15(11-19(18)29-2)26-22-23-8-7-20(27-22)25-16-10-17-13-3-4-14(9-13)21(17)24-12-16;1-4-5(2)3;;/h5-8,10-14H,3-4,9H2,1-2H3,(H2,23,25,26,27);4H2,1-3H3;2*1H. The average Bonchev–Trinajstić information content (AvgIpc) is 3.47. The van der Waals surface area contributed by atoms with Gasteiger partial charge in [0.25, 0.3) is 0 Å². The second-order valence-corrected chi connectivity index (χ2v) is 8.89. The van der Waals surface area contributed by atoms with E-state index in [-0.39, 0.29) is 2.85 Å². The molecule has 2 aromatic heterocycles. The van der Waals surface area contributed by atoms with Gasteiger partial charge in [-0.15, -0.1) is 0 Å². The molecule has 0 radical (unpaired) electrons. The van der Waals surface area contributed by atoms with Crippen molar-refractivity contribution in [3.8, 4) is 11.5 Å². The highest BCUT2D eigenvalue weighted by molar-refractivity contribution is 5.62. The molecule has 3 aromatic rings. The summed E-state index contributed by atoms with van der Waals surface area (Å²) in [7, 11) is 7.33. The molecular formula is C26H38N6O2. The maximum absolute atomic E-state index is 5.35. The molecule has 2 atom stereocenters. The number of methoxy groups -OCH3 is 2. The quantitative estimate of drug-likeness (QED) is 0.452. The van der Waals surface area contributed by atoms with Crippen LogP contribution in [0.3, 0.4) is 0 Å². The summed E-state index contributed by atoms with van der Waals surface area (Å²) in [5, 5.41) is 6.57. The first-order valence-electron chi connectivity index (χ1n) is 11.7. The van der Waals surface area contributed by atoms with Gasteiger partial charge in [0.2, 0.25) is 5.95 Å². The van der Waals surface area contributed by atoms with E-state index in [1.165, 1.54) is 30.5 Å². The summed E-state index contributed by atoms with van der Waals surface area (Å²) in [6, 6.07) is 9.66. The van der Waals surface area contributed by atoms with Gasteiger partial charge in [-0.3, -0.25) is 4.98 Å². The third-order valence-electron chi connectivity index (χ3n) is 6.41. The van der Waals surface area contributed by atoms with Crippen LogP contribution < -0.4 is 20.1 Å². The molecule has 0 amide bonds. The number of hydrogen-bond donors (Lipinski definition) is 2. The zero-order valence-corrected chi connectivity index (χ0v) is 20.6. The lowest BCUT2D eigenvalue weighted by molar-refractivity contribution is 0.355. The van der Waals surface area contributed by atoms with Crippen LogP contribution >= 0.6 is 0 Å². The molecule has 0 aliphatic heterocycles. The van der Waals surface area contributed by atoms with E-state index in [0.717, 1.165) is 17.9 Å². The fourth-order valence-corrected chi connectivity index (χ4v) is 4.42. The number of rotatable bonds is 7. The molecule has 1 fully saturated rings. The summed E-state index contributed by atoms with van der Waals surface area (Å²) < 4.78 is 10.6. The normalized spacial score (nSPS) is 17.6. The molecule has 0 spiro atoms. The topological polar surface area (TPSA) is 84.4 Å². The number of pyridine rings is 1. The highest BCUT2D eigenvalue weighted by atomic mass is 16.5. The second kappa shape index (κ2) is 10.7. The monoisotopic (exact) mass is 466 g/mol. The Morgan fingerprint density at radius 3 is 2.47 bits per heavy atom. The van der Waals surface area contributed by atoms with Crippen LogP contribution in [0.2, 0.25) is 0 Å². The second-order valence-electron chi connectivity index (χ2n) is 8.89. The van der Waals surface area contributed by atoms with E-state index in [1.54, 1.807) is 20.4 Å². The van der Waals surface area contributed by atoms with E-state index < -0.39 is 0 Å². The summed E-state index contributed by atoms with van der Waals surface area (Å²) in [6.45, 7) is 3.26. The van der Waals surface area contributed by atoms with Gasteiger partial charge in [-0.1, -0.05) is 6.92 Å². The molecule has 8 nitrogen and oxygen atoms in total. The molecule has 2 aliphatic rings. The van der Waals surface area contributed by atoms with Crippen molar-refractivity contribution in [1.29, 1.82) is 0 Å². The Hall–Kier alpha value is -3.39. The van der Waals surface area contributed by atoms with Gasteiger partial charge in [0.15, 0.2) is 11.5 Å². The zero-order chi connectivity index (χ0) is 24.1. The van der Waals surface area contributed by atoms with Gasteiger partial charge in [0.05, 0.1) is 26.1 Å². The molecule has 8 heteroatoms. The Kier molecular flexibility index (Phi) is 7.47. The number of aromatic nitrogens is 3. The van der Waals surface area contributed by atoms with Crippen LogP contribution in [0, 0.1) is 0 Å². The molecule has 2 heterocycles. The number of fused-ring (bicyclic) bond motifs is 5.